The zero-order valence-electron chi connectivity index (χ0n) is 12.9. The van der Waals surface area contributed by atoms with Crippen LogP contribution in [0, 0.1) is 0 Å². The maximum atomic E-state index is 12.6. The van der Waals surface area contributed by atoms with E-state index in [-0.39, 0.29) is 0 Å². The summed E-state index contributed by atoms with van der Waals surface area (Å²) < 4.78 is 0. The predicted molar refractivity (Wildman–Crippen MR) is 92.8 cm³/mol. The molecule has 0 amide bonds. The average molecular weight is 316 g/mol. The number of hydrogen-bond donors (Lipinski definition) is 1. The molecular formula is C20H16N2O2. The predicted octanol–water partition coefficient (Wildman–Crippen LogP) is 5.02. The summed E-state index contributed by atoms with van der Waals surface area (Å²) >= 11 is 0. The fraction of sp³-hybridized carbons (Fsp3) is 0.0500. The fourth-order valence-electron chi connectivity index (χ4n) is 2.31. The van der Waals surface area contributed by atoms with Crippen molar-refractivity contribution in [1.82, 2.24) is 0 Å². The third-order valence-electron chi connectivity index (χ3n) is 3.56. The number of carbonyl (C=O) groups is 1. The number of ketones is 1. The molecule has 4 heteroatoms. The van der Waals surface area contributed by atoms with E-state index in [2.05, 4.69) is 10.2 Å². The van der Waals surface area contributed by atoms with Gasteiger partial charge in [-0.25, -0.2) is 0 Å². The van der Waals surface area contributed by atoms with Gasteiger partial charge >= 0.3 is 0 Å². The summed E-state index contributed by atoms with van der Waals surface area (Å²) in [4.78, 5) is 12.6. The molecule has 0 saturated carbocycles. The quantitative estimate of drug-likeness (QED) is 0.530. The van der Waals surface area contributed by atoms with E-state index in [9.17, 15) is 9.90 Å². The Hall–Kier alpha value is -3.11. The molecule has 3 aromatic carbocycles. The van der Waals surface area contributed by atoms with Crippen LogP contribution in [0.3, 0.4) is 0 Å². The SMILES string of the molecule is O=C(c1ccccc1N=Nc1ccccc1)C(O)c1ccccc1. The highest BCUT2D eigenvalue weighted by atomic mass is 16.3. The number of rotatable bonds is 5. The number of aliphatic hydroxyl groups excluding tert-OH is 1. The van der Waals surface area contributed by atoms with Gasteiger partial charge in [0.05, 0.1) is 11.4 Å². The minimum absolute atomic E-state index is 0.341. The molecule has 0 aliphatic heterocycles. The summed E-state index contributed by atoms with van der Waals surface area (Å²) in [5.74, 6) is -0.399. The molecule has 118 valence electrons. The number of benzene rings is 3. The lowest BCUT2D eigenvalue weighted by molar-refractivity contribution is 0.0748. The highest BCUT2D eigenvalue weighted by Gasteiger charge is 2.21. The fourth-order valence-corrected chi connectivity index (χ4v) is 2.31. The van der Waals surface area contributed by atoms with Gasteiger partial charge in [-0.3, -0.25) is 4.79 Å². The summed E-state index contributed by atoms with van der Waals surface area (Å²) in [6.07, 6.45) is -1.22. The summed E-state index contributed by atoms with van der Waals surface area (Å²) in [6.45, 7) is 0. The van der Waals surface area contributed by atoms with Gasteiger partial charge in [0.2, 0.25) is 0 Å². The molecule has 0 spiro atoms. The number of carbonyl (C=O) groups excluding carboxylic acids is 1. The molecule has 0 heterocycles. The lowest BCUT2D eigenvalue weighted by Gasteiger charge is -2.11. The second-order valence-corrected chi connectivity index (χ2v) is 5.23. The molecule has 3 aromatic rings. The Morgan fingerprint density at radius 1 is 0.750 bits per heavy atom. The molecule has 1 N–H and O–H groups in total. The molecule has 1 unspecified atom stereocenters. The van der Waals surface area contributed by atoms with Gasteiger partial charge in [-0.15, -0.1) is 5.11 Å². The minimum atomic E-state index is -1.22. The number of hydrogen-bond acceptors (Lipinski definition) is 4. The molecule has 3 rings (SSSR count). The summed E-state index contributed by atoms with van der Waals surface area (Å²) in [5.41, 5.74) is 2.02. The van der Waals surface area contributed by atoms with E-state index in [0.29, 0.717) is 22.5 Å². The zero-order valence-corrected chi connectivity index (χ0v) is 12.9. The number of aliphatic hydroxyl groups is 1. The van der Waals surface area contributed by atoms with Gasteiger partial charge < -0.3 is 5.11 Å². The van der Waals surface area contributed by atoms with Crippen LogP contribution in [0.4, 0.5) is 11.4 Å². The normalized spacial score (nSPS) is 12.2. The summed E-state index contributed by atoms with van der Waals surface area (Å²) in [7, 11) is 0. The van der Waals surface area contributed by atoms with Crippen molar-refractivity contribution in [3.63, 3.8) is 0 Å². The van der Waals surface area contributed by atoms with Crippen molar-refractivity contribution < 1.29 is 9.90 Å². The van der Waals surface area contributed by atoms with Crippen LogP contribution in [0.25, 0.3) is 0 Å². The van der Waals surface area contributed by atoms with Gasteiger partial charge in [-0.1, -0.05) is 60.7 Å². The Bertz CT molecular complexity index is 846. The van der Waals surface area contributed by atoms with Crippen LogP contribution < -0.4 is 0 Å². The second-order valence-electron chi connectivity index (χ2n) is 5.23. The first-order valence-electron chi connectivity index (χ1n) is 7.59. The van der Waals surface area contributed by atoms with Crippen molar-refractivity contribution in [2.24, 2.45) is 10.2 Å². The van der Waals surface area contributed by atoms with Crippen molar-refractivity contribution in [1.29, 1.82) is 0 Å². The van der Waals surface area contributed by atoms with Gasteiger partial charge in [0.15, 0.2) is 5.78 Å². The number of Topliss-reactive ketones (excluding diaryl/α,β-unsaturated/α-hetero) is 1. The first-order valence-corrected chi connectivity index (χ1v) is 7.59. The van der Waals surface area contributed by atoms with Crippen LogP contribution in [-0.4, -0.2) is 10.9 Å². The number of nitrogens with zero attached hydrogens (tertiary/aromatic N) is 2. The van der Waals surface area contributed by atoms with E-state index in [1.54, 1.807) is 48.5 Å². The van der Waals surface area contributed by atoms with Gasteiger partial charge in [0, 0.05) is 5.56 Å². The zero-order chi connectivity index (χ0) is 16.8. The van der Waals surface area contributed by atoms with Crippen molar-refractivity contribution >= 4 is 17.2 Å². The molecule has 24 heavy (non-hydrogen) atoms. The van der Waals surface area contributed by atoms with Crippen LogP contribution in [0.15, 0.2) is 95.2 Å². The molecule has 0 aliphatic carbocycles. The standard InChI is InChI=1S/C20H16N2O2/c23-19(15-9-3-1-4-10-15)20(24)17-13-7-8-14-18(17)22-21-16-11-5-2-6-12-16/h1-14,19,23H. The molecule has 0 fully saturated rings. The topological polar surface area (TPSA) is 62.0 Å². The first-order chi connectivity index (χ1) is 11.8. The van der Waals surface area contributed by atoms with E-state index in [1.807, 2.05) is 36.4 Å². The summed E-state index contributed by atoms with van der Waals surface area (Å²) in [6, 6.07) is 25.0. The molecule has 0 saturated heterocycles. The molecular weight excluding hydrogens is 300 g/mol. The van der Waals surface area contributed by atoms with Crippen LogP contribution in [0.5, 0.6) is 0 Å². The largest absolute Gasteiger partial charge is 0.380 e. The Balaban J connectivity index is 1.89. The monoisotopic (exact) mass is 316 g/mol. The van der Waals surface area contributed by atoms with Gasteiger partial charge in [-0.2, -0.15) is 5.11 Å². The Morgan fingerprint density at radius 2 is 1.33 bits per heavy atom. The van der Waals surface area contributed by atoms with Crippen molar-refractivity contribution in [3.8, 4) is 0 Å². The van der Waals surface area contributed by atoms with Crippen molar-refractivity contribution in [2.75, 3.05) is 0 Å². The molecule has 0 bridgehead atoms. The lowest BCUT2D eigenvalue weighted by atomic mass is 9.99. The van der Waals surface area contributed by atoms with Crippen LogP contribution in [0.2, 0.25) is 0 Å². The Morgan fingerprint density at radius 3 is 2.04 bits per heavy atom. The first kappa shape index (κ1) is 15.8. The maximum Gasteiger partial charge on any atom is 0.198 e. The molecule has 1 atom stereocenters. The third kappa shape index (κ3) is 3.62. The molecule has 4 nitrogen and oxygen atoms in total. The molecule has 0 radical (unpaired) electrons. The van der Waals surface area contributed by atoms with E-state index in [0.717, 1.165) is 0 Å². The third-order valence-corrected chi connectivity index (χ3v) is 3.56. The van der Waals surface area contributed by atoms with Gasteiger partial charge in [0.1, 0.15) is 6.10 Å². The lowest BCUT2D eigenvalue weighted by Crippen LogP contribution is -2.12. The van der Waals surface area contributed by atoms with Crippen molar-refractivity contribution in [3.05, 3.63) is 96.1 Å². The van der Waals surface area contributed by atoms with Gasteiger partial charge in [-0.05, 0) is 29.8 Å². The van der Waals surface area contributed by atoms with Crippen LogP contribution in [0.1, 0.15) is 22.0 Å². The highest BCUT2D eigenvalue weighted by Crippen LogP contribution is 2.27. The molecule has 0 aromatic heterocycles. The van der Waals surface area contributed by atoms with E-state index >= 15 is 0 Å². The maximum absolute atomic E-state index is 12.6. The van der Waals surface area contributed by atoms with E-state index < -0.39 is 11.9 Å². The average Bonchev–Trinajstić information content (AvgIpc) is 2.67. The summed E-state index contributed by atoms with van der Waals surface area (Å²) in [5, 5.41) is 18.6. The smallest absolute Gasteiger partial charge is 0.198 e. The Kier molecular flexibility index (Phi) is 4.89. The van der Waals surface area contributed by atoms with Crippen molar-refractivity contribution in [2.45, 2.75) is 6.10 Å². The molecule has 0 aliphatic rings. The number of azo groups is 1. The van der Waals surface area contributed by atoms with E-state index in [4.69, 9.17) is 0 Å². The van der Waals surface area contributed by atoms with Crippen LogP contribution >= 0.6 is 0 Å². The minimum Gasteiger partial charge on any atom is -0.380 e. The highest BCUT2D eigenvalue weighted by molar-refractivity contribution is 6.03. The second kappa shape index (κ2) is 7.44. The van der Waals surface area contributed by atoms with Gasteiger partial charge in [0.25, 0.3) is 0 Å². The Labute approximate surface area is 140 Å². The van der Waals surface area contributed by atoms with Crippen LogP contribution in [-0.2, 0) is 0 Å². The van der Waals surface area contributed by atoms with E-state index in [1.165, 1.54) is 0 Å².